The maximum absolute atomic E-state index is 13.5. The molecule has 0 atom stereocenters. The summed E-state index contributed by atoms with van der Waals surface area (Å²) in [6.45, 7) is 6.08. The summed E-state index contributed by atoms with van der Waals surface area (Å²) in [5.74, 6) is -1.17. The summed E-state index contributed by atoms with van der Waals surface area (Å²) < 4.78 is 21.1. The maximum Gasteiger partial charge on any atom is 0.300 e. The van der Waals surface area contributed by atoms with E-state index in [-0.39, 0.29) is 23.5 Å². The number of hydrogen-bond acceptors (Lipinski definition) is 6. The Morgan fingerprint density at radius 1 is 1.24 bits per heavy atom. The zero-order valence-electron chi connectivity index (χ0n) is 19.0. The van der Waals surface area contributed by atoms with Crippen molar-refractivity contribution >= 4 is 17.8 Å². The minimum absolute atomic E-state index is 0.0483. The van der Waals surface area contributed by atoms with E-state index in [0.717, 1.165) is 39.1 Å². The molecular formula is C22H31FN4O6. The van der Waals surface area contributed by atoms with Gasteiger partial charge in [0.2, 0.25) is 0 Å². The van der Waals surface area contributed by atoms with Crippen LogP contribution in [0.5, 0.6) is 5.75 Å². The van der Waals surface area contributed by atoms with Gasteiger partial charge in [-0.3, -0.25) is 14.4 Å². The van der Waals surface area contributed by atoms with Gasteiger partial charge in [-0.15, -0.1) is 0 Å². The molecule has 1 amide bonds. The molecule has 0 saturated heterocycles. The topological polar surface area (TPSA) is 157 Å². The number of halogens is 1. The lowest BCUT2D eigenvalue weighted by Crippen LogP contribution is -2.32. The van der Waals surface area contributed by atoms with E-state index in [0.29, 0.717) is 18.8 Å². The molecule has 0 radical (unpaired) electrons. The number of aromatic nitrogens is 2. The van der Waals surface area contributed by atoms with Crippen molar-refractivity contribution in [2.45, 2.75) is 40.2 Å². The molecule has 1 aliphatic carbocycles. The van der Waals surface area contributed by atoms with Crippen molar-refractivity contribution in [3.05, 3.63) is 47.8 Å². The minimum Gasteiger partial charge on any atom is -0.491 e. The third-order valence-electron chi connectivity index (χ3n) is 4.57. The number of carboxylic acid groups (broad SMARTS) is 2. The Bertz CT molecular complexity index is 923. The fourth-order valence-electron chi connectivity index (χ4n) is 2.84. The number of ether oxygens (including phenoxy) is 1. The van der Waals surface area contributed by atoms with Gasteiger partial charge in [0.1, 0.15) is 24.0 Å². The highest BCUT2D eigenvalue weighted by Gasteiger charge is 2.43. The van der Waals surface area contributed by atoms with Gasteiger partial charge in [-0.25, -0.2) is 9.37 Å². The van der Waals surface area contributed by atoms with Crippen molar-refractivity contribution in [1.82, 2.24) is 14.9 Å². The molecule has 10 nitrogen and oxygen atoms in total. The van der Waals surface area contributed by atoms with Gasteiger partial charge in [-0.2, -0.15) is 0 Å². The van der Waals surface area contributed by atoms with Gasteiger partial charge >= 0.3 is 0 Å². The quantitative estimate of drug-likeness (QED) is 0.460. The third kappa shape index (κ3) is 10.6. The lowest BCUT2D eigenvalue weighted by Gasteiger charge is -2.18. The van der Waals surface area contributed by atoms with Gasteiger partial charge in [0.15, 0.2) is 0 Å². The summed E-state index contributed by atoms with van der Waals surface area (Å²) in [4.78, 5) is 34.7. The molecule has 1 aromatic heterocycles. The molecule has 0 spiro atoms. The molecule has 11 heteroatoms. The second kappa shape index (κ2) is 13.2. The number of amides is 1. The number of carbonyl (C=O) groups is 3. The van der Waals surface area contributed by atoms with E-state index >= 15 is 0 Å². The largest absolute Gasteiger partial charge is 0.491 e. The number of aliphatic carboxylic acids is 2. The van der Waals surface area contributed by atoms with E-state index in [1.807, 2.05) is 13.1 Å². The summed E-state index contributed by atoms with van der Waals surface area (Å²) in [6.07, 6.45) is 5.82. The van der Waals surface area contributed by atoms with Crippen molar-refractivity contribution in [3.63, 3.8) is 0 Å². The Labute approximate surface area is 191 Å². The van der Waals surface area contributed by atoms with Crippen molar-refractivity contribution < 1.29 is 33.7 Å². The Morgan fingerprint density at radius 3 is 2.33 bits per heavy atom. The van der Waals surface area contributed by atoms with Crippen LogP contribution in [0.4, 0.5) is 4.39 Å². The van der Waals surface area contributed by atoms with Crippen molar-refractivity contribution in [1.29, 1.82) is 0 Å². The minimum atomic E-state index is -0.833. The number of carbonyl (C=O) groups excluding carboxylic acids is 1. The maximum atomic E-state index is 13.5. The van der Waals surface area contributed by atoms with Crippen molar-refractivity contribution in [2.75, 3.05) is 19.7 Å². The molecule has 1 fully saturated rings. The number of aryl methyl sites for hydroxylation is 1. The monoisotopic (exact) mass is 466 g/mol. The van der Waals surface area contributed by atoms with Crippen LogP contribution in [0.15, 0.2) is 30.6 Å². The summed E-state index contributed by atoms with van der Waals surface area (Å²) in [7, 11) is 0. The molecular weight excluding hydrogens is 435 g/mol. The van der Waals surface area contributed by atoms with E-state index in [1.54, 1.807) is 6.20 Å². The molecule has 1 aromatic carbocycles. The normalized spacial score (nSPS) is 12.9. The number of nitrogens with two attached hydrogens (primary N) is 1. The summed E-state index contributed by atoms with van der Waals surface area (Å²) in [5.41, 5.74) is 5.67. The number of imidazole rings is 1. The molecule has 2 aromatic rings. The second-order valence-corrected chi connectivity index (χ2v) is 7.60. The molecule has 1 aliphatic rings. The molecule has 0 bridgehead atoms. The van der Waals surface area contributed by atoms with E-state index in [9.17, 15) is 9.18 Å². The average Bonchev–Trinajstić information content (AvgIpc) is 3.38. The van der Waals surface area contributed by atoms with Gasteiger partial charge in [-0.05, 0) is 38.0 Å². The highest BCUT2D eigenvalue weighted by molar-refractivity contribution is 5.97. The molecule has 0 unspecified atom stereocenters. The highest BCUT2D eigenvalue weighted by atomic mass is 19.1. The van der Waals surface area contributed by atoms with Gasteiger partial charge in [-0.1, -0.05) is 0 Å². The summed E-state index contributed by atoms with van der Waals surface area (Å²) in [6, 6.07) is 3.93. The zero-order chi connectivity index (χ0) is 25.0. The van der Waals surface area contributed by atoms with Crippen LogP contribution in [0.25, 0.3) is 0 Å². The van der Waals surface area contributed by atoms with Crippen LogP contribution in [0.1, 0.15) is 42.9 Å². The predicted molar refractivity (Wildman–Crippen MR) is 119 cm³/mol. The third-order valence-corrected chi connectivity index (χ3v) is 4.57. The molecule has 1 heterocycles. The number of benzene rings is 1. The van der Waals surface area contributed by atoms with E-state index in [1.165, 1.54) is 18.2 Å². The van der Waals surface area contributed by atoms with Gasteiger partial charge < -0.3 is 30.6 Å². The van der Waals surface area contributed by atoms with E-state index < -0.39 is 17.8 Å². The van der Waals surface area contributed by atoms with E-state index in [4.69, 9.17) is 30.3 Å². The van der Waals surface area contributed by atoms with Crippen LogP contribution < -0.4 is 15.8 Å². The fraction of sp³-hybridized carbons (Fsp3) is 0.455. The van der Waals surface area contributed by atoms with E-state index in [2.05, 4.69) is 14.9 Å². The number of rotatable bonds is 8. The van der Waals surface area contributed by atoms with Gasteiger partial charge in [0, 0.05) is 51.3 Å². The molecule has 1 saturated carbocycles. The predicted octanol–water partition coefficient (Wildman–Crippen LogP) is 2.06. The number of nitrogens with one attached hydrogen (secondary N) is 1. The van der Waals surface area contributed by atoms with Crippen LogP contribution in [-0.2, 0) is 16.1 Å². The van der Waals surface area contributed by atoms with Crippen LogP contribution in [0, 0.1) is 18.2 Å². The van der Waals surface area contributed by atoms with Crippen molar-refractivity contribution in [2.24, 2.45) is 11.1 Å². The van der Waals surface area contributed by atoms with Crippen molar-refractivity contribution in [3.8, 4) is 5.75 Å². The Morgan fingerprint density at radius 2 is 1.85 bits per heavy atom. The molecule has 0 aliphatic heterocycles. The SMILES string of the molecule is CC(=O)O.CC(=O)O.Cc1nccn1CC1(CNC(=O)c2cc(F)ccc2OCCN)CC1. The number of nitrogens with zero attached hydrogens (tertiary/aromatic N) is 2. The smallest absolute Gasteiger partial charge is 0.300 e. The van der Waals surface area contributed by atoms with Crippen LogP contribution in [0.2, 0.25) is 0 Å². The first-order chi connectivity index (χ1) is 15.5. The zero-order valence-corrected chi connectivity index (χ0v) is 19.0. The fourth-order valence-corrected chi connectivity index (χ4v) is 2.84. The standard InChI is InChI=1S/C18H23FN4O2.2C2H4O2/c1-13-21-7-8-23(13)12-18(4-5-18)11-22-17(24)15-10-14(19)2-3-16(15)25-9-6-20;2*1-2(3)4/h2-3,7-8,10H,4-6,9,11-12,20H2,1H3,(H,22,24);2*1H3,(H,3,4). The number of carboxylic acids is 2. The van der Waals surface area contributed by atoms with Crippen LogP contribution in [0.3, 0.4) is 0 Å². The first-order valence-electron chi connectivity index (χ1n) is 10.3. The Balaban J connectivity index is 0.000000591. The average molecular weight is 467 g/mol. The molecule has 3 rings (SSSR count). The molecule has 182 valence electrons. The lowest BCUT2D eigenvalue weighted by molar-refractivity contribution is -0.135. The first kappa shape index (κ1) is 27.6. The van der Waals surface area contributed by atoms with Gasteiger partial charge in [0.25, 0.3) is 17.8 Å². The highest BCUT2D eigenvalue weighted by Crippen LogP contribution is 2.46. The van der Waals surface area contributed by atoms with Crippen LogP contribution >= 0.6 is 0 Å². The second-order valence-electron chi connectivity index (χ2n) is 7.60. The number of hydrogen-bond donors (Lipinski definition) is 4. The molecule has 5 N–H and O–H groups in total. The summed E-state index contributed by atoms with van der Waals surface area (Å²) in [5, 5.41) is 17.8. The lowest BCUT2D eigenvalue weighted by atomic mass is 10.1. The molecule has 33 heavy (non-hydrogen) atoms. The summed E-state index contributed by atoms with van der Waals surface area (Å²) >= 11 is 0. The van der Waals surface area contributed by atoms with Gasteiger partial charge in [0.05, 0.1) is 5.56 Å². The Kier molecular flexibility index (Phi) is 11.0. The first-order valence-corrected chi connectivity index (χ1v) is 10.3. The Hall–Kier alpha value is -3.47. The van der Waals surface area contributed by atoms with Crippen LogP contribution in [-0.4, -0.2) is 57.3 Å².